The largest absolute Gasteiger partial charge is 0.322 e. The summed E-state index contributed by atoms with van der Waals surface area (Å²) in [7, 11) is -3.51. The summed E-state index contributed by atoms with van der Waals surface area (Å²) in [5, 5.41) is 2.76. The molecule has 1 aliphatic heterocycles. The van der Waals surface area contributed by atoms with E-state index in [1.807, 2.05) is 59.7 Å². The fourth-order valence-corrected chi connectivity index (χ4v) is 4.16. The lowest BCUT2D eigenvalue weighted by Crippen LogP contribution is -2.28. The highest BCUT2D eigenvalue weighted by Gasteiger charge is 2.27. The maximum atomic E-state index is 12.6. The van der Waals surface area contributed by atoms with Gasteiger partial charge in [-0.1, -0.05) is 65.8 Å². The first-order chi connectivity index (χ1) is 14.1. The van der Waals surface area contributed by atoms with Gasteiger partial charge >= 0.3 is 0 Å². The summed E-state index contributed by atoms with van der Waals surface area (Å²) >= 11 is 0. The minimum atomic E-state index is -3.51. The Kier molecular flexibility index (Phi) is 13.7. The van der Waals surface area contributed by atoms with E-state index in [0.717, 1.165) is 12.8 Å². The molecule has 29 heavy (non-hydrogen) atoms. The summed E-state index contributed by atoms with van der Waals surface area (Å²) in [5.41, 5.74) is 0.999. The van der Waals surface area contributed by atoms with E-state index in [1.54, 1.807) is 24.3 Å². The van der Waals surface area contributed by atoms with Crippen LogP contribution in [0.3, 0.4) is 0 Å². The summed E-state index contributed by atoms with van der Waals surface area (Å²) in [5.74, 6) is -0.324. The summed E-state index contributed by atoms with van der Waals surface area (Å²) < 4.78 is 26.6. The molecule has 2 aromatic rings. The second-order valence-corrected chi connectivity index (χ2v) is 7.40. The van der Waals surface area contributed by atoms with Crippen LogP contribution in [0, 0.1) is 0 Å². The van der Waals surface area contributed by atoms with Crippen LogP contribution < -0.4 is 5.32 Å². The zero-order chi connectivity index (χ0) is 22.3. The van der Waals surface area contributed by atoms with Crippen LogP contribution in [0.15, 0.2) is 59.5 Å². The number of nitrogens with zero attached hydrogens (tertiary/aromatic N) is 1. The summed E-state index contributed by atoms with van der Waals surface area (Å²) in [4.78, 5) is 12.5. The van der Waals surface area contributed by atoms with Gasteiger partial charge in [0.15, 0.2) is 0 Å². The van der Waals surface area contributed by atoms with Gasteiger partial charge in [0.05, 0.1) is 4.90 Å². The highest BCUT2D eigenvalue weighted by atomic mass is 32.2. The molecule has 162 valence electrons. The van der Waals surface area contributed by atoms with Gasteiger partial charge in [0.2, 0.25) is 10.0 Å². The fraction of sp³-hybridized carbons (Fsp3) is 0.435. The second kappa shape index (κ2) is 14.8. The minimum Gasteiger partial charge on any atom is -0.322 e. The number of para-hydroxylation sites is 1. The summed E-state index contributed by atoms with van der Waals surface area (Å²) in [6, 6.07) is 15.3. The minimum absolute atomic E-state index is 0.167. The van der Waals surface area contributed by atoms with Gasteiger partial charge in [0, 0.05) is 24.3 Å². The molecule has 1 aliphatic rings. The molecule has 0 aromatic heterocycles. The molecule has 0 atom stereocenters. The Morgan fingerprint density at radius 1 is 0.828 bits per heavy atom. The number of rotatable bonds is 4. The van der Waals surface area contributed by atoms with Crippen LogP contribution in [0.1, 0.15) is 64.7 Å². The van der Waals surface area contributed by atoms with Crippen LogP contribution >= 0.6 is 0 Å². The second-order valence-electron chi connectivity index (χ2n) is 5.46. The molecular formula is C23H36N2O3S. The van der Waals surface area contributed by atoms with Crippen LogP contribution in [0.25, 0.3) is 0 Å². The lowest BCUT2D eigenvalue weighted by atomic mass is 10.2. The van der Waals surface area contributed by atoms with E-state index in [-0.39, 0.29) is 10.8 Å². The maximum absolute atomic E-state index is 12.6. The Morgan fingerprint density at radius 2 is 1.38 bits per heavy atom. The van der Waals surface area contributed by atoms with E-state index in [9.17, 15) is 13.2 Å². The van der Waals surface area contributed by atoms with Crippen molar-refractivity contribution in [3.8, 4) is 0 Å². The van der Waals surface area contributed by atoms with E-state index in [1.165, 1.54) is 16.4 Å². The number of anilines is 1. The summed E-state index contributed by atoms with van der Waals surface area (Å²) in [6.07, 6.45) is 1.76. The molecule has 0 aliphatic carbocycles. The Morgan fingerprint density at radius 3 is 1.93 bits per heavy atom. The molecule has 1 N–H and O–H groups in total. The number of hydrogen-bond acceptors (Lipinski definition) is 3. The van der Waals surface area contributed by atoms with E-state index < -0.39 is 10.0 Å². The van der Waals surface area contributed by atoms with Crippen molar-refractivity contribution < 1.29 is 13.2 Å². The number of nitrogens with one attached hydrogen (secondary N) is 1. The third kappa shape index (κ3) is 7.99. The van der Waals surface area contributed by atoms with Crippen molar-refractivity contribution in [1.29, 1.82) is 0 Å². The average Bonchev–Trinajstić information content (AvgIpc) is 3.35. The highest BCUT2D eigenvalue weighted by molar-refractivity contribution is 7.89. The Balaban J connectivity index is 0.00000120. The van der Waals surface area contributed by atoms with Gasteiger partial charge in [-0.25, -0.2) is 8.42 Å². The first kappa shape index (κ1) is 26.8. The van der Waals surface area contributed by atoms with Gasteiger partial charge in [0.1, 0.15) is 0 Å². The van der Waals surface area contributed by atoms with Gasteiger partial charge in [-0.3, -0.25) is 4.79 Å². The quantitative estimate of drug-likeness (QED) is 0.679. The molecule has 5 nitrogen and oxygen atoms in total. The van der Waals surface area contributed by atoms with E-state index >= 15 is 0 Å². The zero-order valence-corrected chi connectivity index (χ0v) is 19.4. The lowest BCUT2D eigenvalue weighted by molar-refractivity contribution is 0.102. The van der Waals surface area contributed by atoms with Gasteiger partial charge in [-0.05, 0) is 43.2 Å². The van der Waals surface area contributed by atoms with Crippen molar-refractivity contribution in [3.05, 3.63) is 60.2 Å². The SMILES string of the molecule is CC.CC.CC.O=C(Nc1ccccc1)c1cccc(S(=O)(=O)N2CCCC2)c1. The van der Waals surface area contributed by atoms with Gasteiger partial charge in [-0.15, -0.1) is 0 Å². The normalized spacial score (nSPS) is 12.9. The first-order valence-electron chi connectivity index (χ1n) is 10.5. The third-order valence-electron chi connectivity index (χ3n) is 3.83. The standard InChI is InChI=1S/C17H18N2O3S.3C2H6/c20-17(18-15-8-2-1-3-9-15)14-7-6-10-16(13-14)23(21,22)19-11-4-5-12-19;3*1-2/h1-3,6-10,13H,4-5,11-12H2,(H,18,20);3*1-2H3. The van der Waals surface area contributed by atoms with Crippen molar-refractivity contribution in [1.82, 2.24) is 4.31 Å². The summed E-state index contributed by atoms with van der Waals surface area (Å²) in [6.45, 7) is 13.1. The molecule has 0 radical (unpaired) electrons. The molecule has 3 rings (SSSR count). The first-order valence-corrected chi connectivity index (χ1v) is 12.0. The molecule has 0 spiro atoms. The van der Waals surface area contributed by atoms with Gasteiger partial charge < -0.3 is 5.32 Å². The van der Waals surface area contributed by atoms with Crippen LogP contribution in [0.4, 0.5) is 5.69 Å². The zero-order valence-electron chi connectivity index (χ0n) is 18.6. The molecule has 1 saturated heterocycles. The molecule has 0 unspecified atom stereocenters. The number of carbonyl (C=O) groups excluding carboxylic acids is 1. The molecule has 1 heterocycles. The average molecular weight is 421 g/mol. The molecule has 0 bridgehead atoms. The highest BCUT2D eigenvalue weighted by Crippen LogP contribution is 2.22. The molecule has 2 aromatic carbocycles. The maximum Gasteiger partial charge on any atom is 0.255 e. The monoisotopic (exact) mass is 420 g/mol. The van der Waals surface area contributed by atoms with E-state index in [4.69, 9.17) is 0 Å². The van der Waals surface area contributed by atoms with Crippen LogP contribution in [-0.4, -0.2) is 31.7 Å². The van der Waals surface area contributed by atoms with E-state index in [2.05, 4.69) is 5.32 Å². The Bertz CT molecular complexity index is 800. The van der Waals surface area contributed by atoms with E-state index in [0.29, 0.717) is 24.3 Å². The van der Waals surface area contributed by atoms with Crippen molar-refractivity contribution in [3.63, 3.8) is 0 Å². The topological polar surface area (TPSA) is 66.5 Å². The fourth-order valence-electron chi connectivity index (χ4n) is 2.60. The number of sulfonamides is 1. The van der Waals surface area contributed by atoms with Crippen molar-refractivity contribution in [2.45, 2.75) is 59.3 Å². The van der Waals surface area contributed by atoms with Gasteiger partial charge in [0.25, 0.3) is 5.91 Å². The Hall–Kier alpha value is -2.18. The molecule has 1 amide bonds. The van der Waals surface area contributed by atoms with Crippen molar-refractivity contribution in [2.75, 3.05) is 18.4 Å². The van der Waals surface area contributed by atoms with Crippen LogP contribution in [0.2, 0.25) is 0 Å². The molecule has 0 saturated carbocycles. The number of amides is 1. The van der Waals surface area contributed by atoms with Crippen LogP contribution in [-0.2, 0) is 10.0 Å². The van der Waals surface area contributed by atoms with Crippen molar-refractivity contribution in [2.24, 2.45) is 0 Å². The van der Waals surface area contributed by atoms with Crippen molar-refractivity contribution >= 4 is 21.6 Å². The number of carbonyl (C=O) groups is 1. The van der Waals surface area contributed by atoms with Crippen LogP contribution in [0.5, 0.6) is 0 Å². The molecule has 1 fully saturated rings. The predicted octanol–water partition coefficient (Wildman–Crippen LogP) is 5.80. The smallest absolute Gasteiger partial charge is 0.255 e. The number of benzene rings is 2. The lowest BCUT2D eigenvalue weighted by Gasteiger charge is -2.16. The third-order valence-corrected chi connectivity index (χ3v) is 5.73. The number of hydrogen-bond donors (Lipinski definition) is 1. The predicted molar refractivity (Wildman–Crippen MR) is 123 cm³/mol. The molecular weight excluding hydrogens is 384 g/mol. The molecule has 6 heteroatoms. The van der Waals surface area contributed by atoms with Gasteiger partial charge in [-0.2, -0.15) is 4.31 Å². The Labute approximate surface area is 177 Å².